The summed E-state index contributed by atoms with van der Waals surface area (Å²) in [4.78, 5) is 22.1. The summed E-state index contributed by atoms with van der Waals surface area (Å²) in [6, 6.07) is 4.29. The molecule has 1 aromatic carbocycles. The predicted molar refractivity (Wildman–Crippen MR) is 72.2 cm³/mol. The Kier molecular flexibility index (Phi) is 4.17. The summed E-state index contributed by atoms with van der Waals surface area (Å²) in [6.07, 6.45) is 3.26. The Hall–Kier alpha value is -2.17. The molecule has 0 bridgehead atoms. The summed E-state index contributed by atoms with van der Waals surface area (Å²) in [5.41, 5.74) is 0.928. The van der Waals surface area contributed by atoms with E-state index in [2.05, 4.69) is 5.32 Å². The van der Waals surface area contributed by atoms with E-state index in [1.807, 2.05) is 6.92 Å². The van der Waals surface area contributed by atoms with Gasteiger partial charge in [0.05, 0.1) is 0 Å². The highest BCUT2D eigenvalue weighted by Gasteiger charge is 2.38. The van der Waals surface area contributed by atoms with Crippen molar-refractivity contribution in [1.29, 1.82) is 0 Å². The van der Waals surface area contributed by atoms with Gasteiger partial charge in [-0.05, 0) is 36.1 Å². The molecule has 1 aliphatic rings. The van der Waals surface area contributed by atoms with Crippen LogP contribution in [0.1, 0.15) is 24.5 Å². The first-order valence-electron chi connectivity index (χ1n) is 6.44. The van der Waals surface area contributed by atoms with Crippen LogP contribution in [0.3, 0.4) is 0 Å². The van der Waals surface area contributed by atoms with Crippen molar-refractivity contribution in [1.82, 2.24) is 5.32 Å². The lowest BCUT2D eigenvalue weighted by Crippen LogP contribution is -2.25. The van der Waals surface area contributed by atoms with Gasteiger partial charge in [-0.3, -0.25) is 4.79 Å². The molecule has 1 amide bonds. The topological polar surface area (TPSA) is 66.4 Å². The summed E-state index contributed by atoms with van der Waals surface area (Å²) < 4.78 is 13.6. The molecular formula is C15H16FNO3. The first kappa shape index (κ1) is 14.2. The fraction of sp³-hybridized carbons (Fsp3) is 0.333. The minimum absolute atomic E-state index is 0.0492. The molecule has 106 valence electrons. The molecule has 1 fully saturated rings. The second-order valence-corrected chi connectivity index (χ2v) is 5.06. The standard InChI is InChI=1S/C15H16FNO3/c1-9-6-12(9)15(20)17-8-11-7-10(2-4-13(11)16)3-5-14(18)19/h2-5,7,9,12H,6,8H2,1H3,(H,17,20)(H,18,19). The number of nitrogens with one attached hydrogen (secondary N) is 1. The summed E-state index contributed by atoms with van der Waals surface area (Å²) in [6.45, 7) is 2.12. The Morgan fingerprint density at radius 3 is 2.80 bits per heavy atom. The largest absolute Gasteiger partial charge is 0.478 e. The van der Waals surface area contributed by atoms with Gasteiger partial charge in [-0.15, -0.1) is 0 Å². The Morgan fingerprint density at radius 2 is 2.20 bits per heavy atom. The fourth-order valence-corrected chi connectivity index (χ4v) is 2.00. The van der Waals surface area contributed by atoms with Crippen LogP contribution in [0.2, 0.25) is 0 Å². The number of carbonyl (C=O) groups excluding carboxylic acids is 1. The number of rotatable bonds is 5. The number of amides is 1. The Bertz CT molecular complexity index is 568. The van der Waals surface area contributed by atoms with Crippen molar-refractivity contribution in [2.75, 3.05) is 0 Å². The maximum atomic E-state index is 13.6. The second-order valence-electron chi connectivity index (χ2n) is 5.06. The lowest BCUT2D eigenvalue weighted by molar-refractivity contribution is -0.131. The maximum absolute atomic E-state index is 13.6. The van der Waals surface area contributed by atoms with Gasteiger partial charge in [-0.1, -0.05) is 13.0 Å². The van der Waals surface area contributed by atoms with Crippen LogP contribution in [0.5, 0.6) is 0 Å². The first-order chi connectivity index (χ1) is 9.47. The number of carboxylic acids is 1. The zero-order chi connectivity index (χ0) is 14.7. The number of hydrogen-bond donors (Lipinski definition) is 2. The number of carbonyl (C=O) groups is 2. The van der Waals surface area contributed by atoms with Gasteiger partial charge in [-0.25, -0.2) is 9.18 Å². The van der Waals surface area contributed by atoms with Crippen molar-refractivity contribution in [2.24, 2.45) is 11.8 Å². The van der Waals surface area contributed by atoms with Gasteiger partial charge in [0.2, 0.25) is 5.91 Å². The van der Waals surface area contributed by atoms with E-state index >= 15 is 0 Å². The third-order valence-corrected chi connectivity index (χ3v) is 3.39. The van der Waals surface area contributed by atoms with Gasteiger partial charge in [0.1, 0.15) is 5.82 Å². The lowest BCUT2D eigenvalue weighted by atomic mass is 10.1. The smallest absolute Gasteiger partial charge is 0.328 e. The summed E-state index contributed by atoms with van der Waals surface area (Å²) >= 11 is 0. The molecule has 0 heterocycles. The van der Waals surface area contributed by atoms with Crippen molar-refractivity contribution in [3.05, 3.63) is 41.2 Å². The molecule has 20 heavy (non-hydrogen) atoms. The number of halogens is 1. The molecule has 2 N–H and O–H groups in total. The monoisotopic (exact) mass is 277 g/mol. The van der Waals surface area contributed by atoms with E-state index in [-0.39, 0.29) is 18.4 Å². The van der Waals surface area contributed by atoms with Gasteiger partial charge >= 0.3 is 5.97 Å². The highest BCUT2D eigenvalue weighted by molar-refractivity contribution is 5.85. The quantitative estimate of drug-likeness (QED) is 0.811. The molecule has 1 aromatic rings. The van der Waals surface area contributed by atoms with Crippen LogP contribution in [0.25, 0.3) is 6.08 Å². The molecule has 2 unspecified atom stereocenters. The molecule has 1 aliphatic carbocycles. The van der Waals surface area contributed by atoms with E-state index in [0.717, 1.165) is 12.5 Å². The molecule has 0 aromatic heterocycles. The molecule has 0 radical (unpaired) electrons. The molecule has 0 aliphatic heterocycles. The van der Waals surface area contributed by atoms with E-state index in [1.165, 1.54) is 24.3 Å². The Morgan fingerprint density at radius 1 is 1.50 bits per heavy atom. The van der Waals surface area contributed by atoms with Gasteiger partial charge in [-0.2, -0.15) is 0 Å². The van der Waals surface area contributed by atoms with Crippen molar-refractivity contribution in [3.63, 3.8) is 0 Å². The van der Waals surface area contributed by atoms with E-state index < -0.39 is 11.8 Å². The molecule has 1 saturated carbocycles. The second kappa shape index (κ2) is 5.86. The van der Waals surface area contributed by atoms with Crippen molar-refractivity contribution >= 4 is 18.0 Å². The van der Waals surface area contributed by atoms with Gasteiger partial charge < -0.3 is 10.4 Å². The maximum Gasteiger partial charge on any atom is 0.328 e. The van der Waals surface area contributed by atoms with E-state index in [0.29, 0.717) is 17.0 Å². The minimum atomic E-state index is -1.06. The Balaban J connectivity index is 2.01. The fourth-order valence-electron chi connectivity index (χ4n) is 2.00. The SMILES string of the molecule is CC1CC1C(=O)NCc1cc(C=CC(=O)O)ccc1F. The van der Waals surface area contributed by atoms with Crippen molar-refractivity contribution in [3.8, 4) is 0 Å². The number of benzene rings is 1. The van der Waals surface area contributed by atoms with Crippen molar-refractivity contribution < 1.29 is 19.1 Å². The van der Waals surface area contributed by atoms with Gasteiger partial charge in [0.15, 0.2) is 0 Å². The molecule has 0 spiro atoms. The lowest BCUT2D eigenvalue weighted by Gasteiger charge is -2.07. The average molecular weight is 277 g/mol. The van der Waals surface area contributed by atoms with Gasteiger partial charge in [0.25, 0.3) is 0 Å². The van der Waals surface area contributed by atoms with E-state index in [4.69, 9.17) is 5.11 Å². The average Bonchev–Trinajstić information content (AvgIpc) is 3.13. The van der Waals surface area contributed by atoms with Crippen LogP contribution in [-0.2, 0) is 16.1 Å². The number of aliphatic carboxylic acids is 1. The minimum Gasteiger partial charge on any atom is -0.478 e. The summed E-state index contributed by atoms with van der Waals surface area (Å²) in [5, 5.41) is 11.3. The van der Waals surface area contributed by atoms with Crippen LogP contribution in [-0.4, -0.2) is 17.0 Å². The van der Waals surface area contributed by atoms with Crippen LogP contribution < -0.4 is 5.32 Å². The molecular weight excluding hydrogens is 261 g/mol. The highest BCUT2D eigenvalue weighted by Crippen LogP contribution is 2.37. The number of hydrogen-bond acceptors (Lipinski definition) is 2. The first-order valence-corrected chi connectivity index (χ1v) is 6.44. The van der Waals surface area contributed by atoms with Crippen LogP contribution in [0.4, 0.5) is 4.39 Å². The predicted octanol–water partition coefficient (Wildman–Crippen LogP) is 2.20. The van der Waals surface area contributed by atoms with Crippen LogP contribution >= 0.6 is 0 Å². The molecule has 2 rings (SSSR count). The molecule has 2 atom stereocenters. The molecule has 4 nitrogen and oxygen atoms in total. The normalized spacial score (nSPS) is 20.9. The van der Waals surface area contributed by atoms with Gasteiger partial charge in [0, 0.05) is 24.1 Å². The third kappa shape index (κ3) is 3.66. The zero-order valence-electron chi connectivity index (χ0n) is 11.1. The van der Waals surface area contributed by atoms with E-state index in [1.54, 1.807) is 0 Å². The van der Waals surface area contributed by atoms with Crippen LogP contribution in [0, 0.1) is 17.7 Å². The zero-order valence-corrected chi connectivity index (χ0v) is 11.1. The van der Waals surface area contributed by atoms with Crippen molar-refractivity contribution in [2.45, 2.75) is 19.9 Å². The van der Waals surface area contributed by atoms with E-state index in [9.17, 15) is 14.0 Å². The number of carboxylic acid groups (broad SMARTS) is 1. The molecule has 0 saturated heterocycles. The van der Waals surface area contributed by atoms with Crippen LogP contribution in [0.15, 0.2) is 24.3 Å². The third-order valence-electron chi connectivity index (χ3n) is 3.39. The highest BCUT2D eigenvalue weighted by atomic mass is 19.1. The summed E-state index contributed by atoms with van der Waals surface area (Å²) in [7, 11) is 0. The Labute approximate surface area is 116 Å². The molecule has 5 heteroatoms. The summed E-state index contributed by atoms with van der Waals surface area (Å²) in [5.74, 6) is -1.07.